The first kappa shape index (κ1) is 8.99. The molecular weight excluding hydrogens is 221 g/mol. The maximum Gasteiger partial charge on any atom is 0.253 e. The molecule has 0 fully saturated rings. The maximum atomic E-state index is 13.8. The Morgan fingerprint density at radius 1 is 1.59 bits per heavy atom. The highest BCUT2D eigenvalue weighted by molar-refractivity contribution is 5.94. The summed E-state index contributed by atoms with van der Waals surface area (Å²) >= 11 is 0. The fourth-order valence-corrected chi connectivity index (χ4v) is 1.23. The molecule has 0 aliphatic carbocycles. The first-order valence-electron chi connectivity index (χ1n) is 6.35. The molecule has 17 heavy (non-hydrogen) atoms. The van der Waals surface area contributed by atoms with E-state index in [1.807, 2.05) is 6.07 Å². The number of carbonyl (C=O) groups is 1. The zero-order chi connectivity index (χ0) is 15.6. The quantitative estimate of drug-likeness (QED) is 0.845. The molecule has 0 aliphatic heterocycles. The highest BCUT2D eigenvalue weighted by atomic mass is 19.1. The summed E-state index contributed by atoms with van der Waals surface area (Å²) < 4.78 is 34.5. The number of amides is 1. The van der Waals surface area contributed by atoms with Gasteiger partial charge in [0.25, 0.3) is 5.91 Å². The topological polar surface area (TPSA) is 64.9 Å². The molecule has 0 radical (unpaired) electrons. The summed E-state index contributed by atoms with van der Waals surface area (Å²) in [5.74, 6) is -1.89. The minimum absolute atomic E-state index is 0.319. The summed E-state index contributed by atoms with van der Waals surface area (Å²) in [4.78, 5) is 11.5. The molecular formula is C12H14FN3O. The van der Waals surface area contributed by atoms with E-state index in [2.05, 4.69) is 5.32 Å². The number of benzene rings is 1. The van der Waals surface area contributed by atoms with Gasteiger partial charge in [-0.1, -0.05) is 0 Å². The van der Waals surface area contributed by atoms with Crippen molar-refractivity contribution in [2.24, 2.45) is 0 Å². The molecule has 1 aromatic rings. The number of rotatable bonds is 3. The summed E-state index contributed by atoms with van der Waals surface area (Å²) in [5, 5.41) is 13.3. The summed E-state index contributed by atoms with van der Waals surface area (Å²) in [6.07, 6.45) is 0. The molecule has 1 amide bonds. The number of anilines is 1. The second-order valence-electron chi connectivity index (χ2n) is 4.01. The van der Waals surface area contributed by atoms with Gasteiger partial charge in [-0.05, 0) is 32.0 Å². The second kappa shape index (κ2) is 4.83. The minimum atomic E-state index is -2.68. The van der Waals surface area contributed by atoms with Crippen molar-refractivity contribution >= 4 is 11.6 Å². The molecule has 0 atom stereocenters. The van der Waals surface area contributed by atoms with Crippen LogP contribution in [-0.4, -0.2) is 18.4 Å². The molecule has 4 nitrogen and oxygen atoms in total. The van der Waals surface area contributed by atoms with E-state index in [1.54, 1.807) is 19.2 Å². The lowest BCUT2D eigenvalue weighted by Gasteiger charge is -2.19. The Morgan fingerprint density at radius 2 is 2.29 bits per heavy atom. The molecule has 0 saturated carbocycles. The van der Waals surface area contributed by atoms with Gasteiger partial charge in [0.05, 0.1) is 11.6 Å². The van der Waals surface area contributed by atoms with Gasteiger partial charge in [0, 0.05) is 16.8 Å². The standard InChI is InChI=1S/C12H14FN3O/c1-12(2,7-14)16-8-4-5-9(10(13)6-8)11(17)15-3/h4-6,16H,1-3H3,(H,15,17)/i3D3. The van der Waals surface area contributed by atoms with Gasteiger partial charge in [0.15, 0.2) is 0 Å². The molecule has 5 heteroatoms. The Hall–Kier alpha value is -2.09. The van der Waals surface area contributed by atoms with Crippen molar-refractivity contribution in [3.05, 3.63) is 29.6 Å². The number of hydrogen-bond acceptors (Lipinski definition) is 3. The largest absolute Gasteiger partial charge is 0.368 e. The maximum absolute atomic E-state index is 13.8. The molecule has 1 rings (SSSR count). The Labute approximate surface area is 104 Å². The minimum Gasteiger partial charge on any atom is -0.368 e. The molecule has 0 aliphatic rings. The molecule has 1 aromatic carbocycles. The van der Waals surface area contributed by atoms with E-state index in [9.17, 15) is 9.18 Å². The van der Waals surface area contributed by atoms with Crippen LogP contribution in [0.25, 0.3) is 0 Å². The lowest BCUT2D eigenvalue weighted by atomic mass is 10.1. The second-order valence-corrected chi connectivity index (χ2v) is 4.01. The zero-order valence-electron chi connectivity index (χ0n) is 12.5. The molecule has 90 valence electrons. The SMILES string of the molecule is [2H]C([2H])([2H])NC(=O)c1ccc(NC(C)(C)C#N)cc1F. The van der Waals surface area contributed by atoms with Crippen LogP contribution < -0.4 is 10.6 Å². The fourth-order valence-electron chi connectivity index (χ4n) is 1.23. The van der Waals surface area contributed by atoms with E-state index in [0.29, 0.717) is 5.69 Å². The van der Waals surface area contributed by atoms with E-state index < -0.39 is 24.2 Å². The highest BCUT2D eigenvalue weighted by Crippen LogP contribution is 2.18. The first-order valence-corrected chi connectivity index (χ1v) is 4.85. The summed E-state index contributed by atoms with van der Waals surface area (Å²) in [6, 6.07) is 5.58. The van der Waals surface area contributed by atoms with Crippen molar-refractivity contribution in [3.63, 3.8) is 0 Å². The third kappa shape index (κ3) is 3.18. The Morgan fingerprint density at radius 3 is 2.82 bits per heavy atom. The number of nitriles is 1. The molecule has 0 heterocycles. The monoisotopic (exact) mass is 238 g/mol. The van der Waals surface area contributed by atoms with Gasteiger partial charge in [-0.3, -0.25) is 4.79 Å². The molecule has 0 spiro atoms. The van der Waals surface area contributed by atoms with Crippen molar-refractivity contribution in [2.45, 2.75) is 19.4 Å². The van der Waals surface area contributed by atoms with E-state index in [-0.39, 0.29) is 5.56 Å². The van der Waals surface area contributed by atoms with Gasteiger partial charge in [0.1, 0.15) is 11.4 Å². The predicted octanol–water partition coefficient (Wildman–Crippen LogP) is 1.90. The van der Waals surface area contributed by atoms with Gasteiger partial charge in [0.2, 0.25) is 0 Å². The number of carbonyl (C=O) groups excluding carboxylic acids is 1. The molecule has 0 bridgehead atoms. The summed E-state index contributed by atoms with van der Waals surface area (Å²) in [7, 11) is 0. The average molecular weight is 238 g/mol. The number of hydrogen-bond donors (Lipinski definition) is 2. The third-order valence-electron chi connectivity index (χ3n) is 2.06. The van der Waals surface area contributed by atoms with Gasteiger partial charge < -0.3 is 10.6 Å². The molecule has 2 N–H and O–H groups in total. The predicted molar refractivity (Wildman–Crippen MR) is 63.1 cm³/mol. The highest BCUT2D eigenvalue weighted by Gasteiger charge is 2.17. The smallest absolute Gasteiger partial charge is 0.253 e. The van der Waals surface area contributed by atoms with E-state index in [4.69, 9.17) is 9.37 Å². The molecule has 0 unspecified atom stereocenters. The molecule has 0 saturated heterocycles. The lowest BCUT2D eigenvalue weighted by molar-refractivity contribution is 0.0959. The van der Waals surface area contributed by atoms with Crippen molar-refractivity contribution in [1.82, 2.24) is 5.32 Å². The fraction of sp³-hybridized carbons (Fsp3) is 0.333. The van der Waals surface area contributed by atoms with Gasteiger partial charge in [-0.15, -0.1) is 0 Å². The Kier molecular flexibility index (Phi) is 2.55. The van der Waals surface area contributed by atoms with Crippen LogP contribution in [0.4, 0.5) is 10.1 Å². The van der Waals surface area contributed by atoms with Crippen molar-refractivity contribution < 1.29 is 13.3 Å². The third-order valence-corrected chi connectivity index (χ3v) is 2.06. The van der Waals surface area contributed by atoms with Crippen molar-refractivity contribution in [3.8, 4) is 6.07 Å². The van der Waals surface area contributed by atoms with Crippen LogP contribution in [0.15, 0.2) is 18.2 Å². The first-order chi connectivity index (χ1) is 9.04. The van der Waals surface area contributed by atoms with Crippen LogP contribution in [0.2, 0.25) is 0 Å². The lowest BCUT2D eigenvalue weighted by Crippen LogP contribution is -2.28. The summed E-state index contributed by atoms with van der Waals surface area (Å²) in [6.45, 7) is 0.545. The van der Waals surface area contributed by atoms with E-state index in [0.717, 1.165) is 12.1 Å². The average Bonchev–Trinajstić information content (AvgIpc) is 2.26. The summed E-state index contributed by atoms with van der Waals surface area (Å²) in [5.41, 5.74) is -0.949. The van der Waals surface area contributed by atoms with Crippen LogP contribution >= 0.6 is 0 Å². The van der Waals surface area contributed by atoms with Crippen LogP contribution in [-0.2, 0) is 0 Å². The van der Waals surface area contributed by atoms with E-state index >= 15 is 0 Å². The van der Waals surface area contributed by atoms with Crippen LogP contribution in [0.5, 0.6) is 0 Å². The normalized spacial score (nSPS) is 13.9. The Balaban J connectivity index is 2.95. The van der Waals surface area contributed by atoms with Crippen molar-refractivity contribution in [2.75, 3.05) is 12.3 Å². The number of nitrogens with zero attached hydrogens (tertiary/aromatic N) is 1. The Bertz CT molecular complexity index is 564. The van der Waals surface area contributed by atoms with Crippen molar-refractivity contribution in [1.29, 1.82) is 5.26 Å². The number of halogens is 1. The van der Waals surface area contributed by atoms with Gasteiger partial charge in [-0.25, -0.2) is 4.39 Å². The number of nitrogens with one attached hydrogen (secondary N) is 2. The van der Waals surface area contributed by atoms with Gasteiger partial charge >= 0.3 is 0 Å². The van der Waals surface area contributed by atoms with Crippen LogP contribution in [0.3, 0.4) is 0 Å². The van der Waals surface area contributed by atoms with Gasteiger partial charge in [-0.2, -0.15) is 5.26 Å². The molecule has 0 aromatic heterocycles. The zero-order valence-corrected chi connectivity index (χ0v) is 9.47. The van der Waals surface area contributed by atoms with Crippen LogP contribution in [0.1, 0.15) is 28.3 Å². The van der Waals surface area contributed by atoms with E-state index in [1.165, 1.54) is 6.07 Å². The van der Waals surface area contributed by atoms with Crippen LogP contribution in [0, 0.1) is 17.1 Å².